The first-order valence-electron chi connectivity index (χ1n) is 5.13. The molecule has 0 amide bonds. The van der Waals surface area contributed by atoms with Gasteiger partial charge in [0.25, 0.3) is 0 Å². The summed E-state index contributed by atoms with van der Waals surface area (Å²) in [6, 6.07) is 1.56. The maximum absolute atomic E-state index is 11.9. The van der Waals surface area contributed by atoms with Crippen LogP contribution >= 0.6 is 34.5 Å². The Bertz CT molecular complexity index is 463. The van der Waals surface area contributed by atoms with Crippen molar-refractivity contribution in [1.82, 2.24) is 4.72 Å². The molecule has 1 N–H and O–H groups in total. The highest BCUT2D eigenvalue weighted by Gasteiger charge is 2.20. The molecule has 0 fully saturated rings. The van der Waals surface area contributed by atoms with E-state index >= 15 is 0 Å². The van der Waals surface area contributed by atoms with Crippen molar-refractivity contribution in [2.75, 3.05) is 6.54 Å². The molecule has 0 aromatic carbocycles. The quantitative estimate of drug-likeness (QED) is 0.848. The summed E-state index contributed by atoms with van der Waals surface area (Å²) in [6.45, 7) is 5.88. The van der Waals surface area contributed by atoms with Crippen molar-refractivity contribution >= 4 is 44.6 Å². The van der Waals surface area contributed by atoms with Gasteiger partial charge in [-0.1, -0.05) is 25.4 Å². The Balaban J connectivity index is 2.76. The monoisotopic (exact) mass is 315 g/mol. The SMILES string of the molecule is Cc1cc(S(=O)(=O)NCC(Cl)C(C)C)sc1Cl. The third kappa shape index (κ3) is 4.10. The van der Waals surface area contributed by atoms with Gasteiger partial charge in [0.05, 0.1) is 4.34 Å². The molecule has 7 heteroatoms. The van der Waals surface area contributed by atoms with Gasteiger partial charge in [-0.05, 0) is 24.5 Å². The van der Waals surface area contributed by atoms with Crippen molar-refractivity contribution in [3.05, 3.63) is 16.0 Å². The summed E-state index contributed by atoms with van der Waals surface area (Å²) in [5.74, 6) is 0.216. The van der Waals surface area contributed by atoms with Gasteiger partial charge in [-0.3, -0.25) is 0 Å². The minimum absolute atomic E-state index is 0.216. The Morgan fingerprint density at radius 3 is 2.47 bits per heavy atom. The van der Waals surface area contributed by atoms with Crippen molar-refractivity contribution < 1.29 is 8.42 Å². The molecule has 0 aliphatic carbocycles. The Morgan fingerprint density at radius 2 is 2.06 bits per heavy atom. The van der Waals surface area contributed by atoms with E-state index in [9.17, 15) is 8.42 Å². The highest BCUT2D eigenvalue weighted by atomic mass is 35.5. The third-order valence-corrected chi connectivity index (χ3v) is 6.40. The molecule has 0 radical (unpaired) electrons. The lowest BCUT2D eigenvalue weighted by atomic mass is 10.1. The lowest BCUT2D eigenvalue weighted by Crippen LogP contribution is -2.31. The molecule has 0 saturated heterocycles. The van der Waals surface area contributed by atoms with E-state index in [2.05, 4.69) is 4.72 Å². The zero-order valence-electron chi connectivity index (χ0n) is 9.83. The van der Waals surface area contributed by atoms with Crippen molar-refractivity contribution in [3.63, 3.8) is 0 Å². The minimum atomic E-state index is -3.49. The summed E-state index contributed by atoms with van der Waals surface area (Å²) in [5, 5.41) is -0.221. The van der Waals surface area contributed by atoms with Gasteiger partial charge in [-0.2, -0.15) is 0 Å². The number of hydrogen-bond acceptors (Lipinski definition) is 3. The Labute approximate surface area is 116 Å². The van der Waals surface area contributed by atoms with Gasteiger partial charge >= 0.3 is 0 Å². The number of aryl methyl sites for hydroxylation is 1. The molecule has 98 valence electrons. The fourth-order valence-corrected chi connectivity index (χ4v) is 4.04. The molecule has 1 aromatic rings. The van der Waals surface area contributed by atoms with Gasteiger partial charge in [-0.25, -0.2) is 13.1 Å². The molecule has 17 heavy (non-hydrogen) atoms. The van der Waals surface area contributed by atoms with E-state index in [1.165, 1.54) is 0 Å². The Kier molecular flexibility index (Phi) is 5.28. The topological polar surface area (TPSA) is 46.2 Å². The second-order valence-electron chi connectivity index (χ2n) is 4.13. The average molecular weight is 316 g/mol. The number of alkyl halides is 1. The number of halogens is 2. The van der Waals surface area contributed by atoms with Gasteiger partial charge < -0.3 is 0 Å². The highest BCUT2D eigenvalue weighted by molar-refractivity contribution is 7.91. The molecule has 0 aliphatic rings. The summed E-state index contributed by atoms with van der Waals surface area (Å²) >= 11 is 12.9. The van der Waals surface area contributed by atoms with Crippen molar-refractivity contribution in [3.8, 4) is 0 Å². The minimum Gasteiger partial charge on any atom is -0.209 e. The molecule has 1 heterocycles. The molecule has 0 bridgehead atoms. The molecular formula is C10H15Cl2NO2S2. The molecule has 1 aromatic heterocycles. The van der Waals surface area contributed by atoms with E-state index < -0.39 is 10.0 Å². The van der Waals surface area contributed by atoms with E-state index in [-0.39, 0.29) is 22.0 Å². The van der Waals surface area contributed by atoms with Gasteiger partial charge in [0.2, 0.25) is 10.0 Å². The molecule has 1 rings (SSSR count). The molecule has 0 saturated carbocycles. The Hall–Kier alpha value is 0.190. The second-order valence-corrected chi connectivity index (χ2v) is 8.34. The van der Waals surface area contributed by atoms with Crippen LogP contribution in [0.5, 0.6) is 0 Å². The smallest absolute Gasteiger partial charge is 0.209 e. The second kappa shape index (κ2) is 5.89. The number of nitrogens with one attached hydrogen (secondary N) is 1. The van der Waals surface area contributed by atoms with E-state index in [4.69, 9.17) is 23.2 Å². The maximum Gasteiger partial charge on any atom is 0.250 e. The first kappa shape index (κ1) is 15.2. The van der Waals surface area contributed by atoms with Gasteiger partial charge in [-0.15, -0.1) is 22.9 Å². The highest BCUT2D eigenvalue weighted by Crippen LogP contribution is 2.29. The lowest BCUT2D eigenvalue weighted by molar-refractivity contribution is 0.557. The molecular weight excluding hydrogens is 301 g/mol. The standard InChI is InChI=1S/C10H15Cl2NO2S2/c1-6(2)8(11)5-13-17(14,15)9-4-7(3)10(12)16-9/h4,6,8,13H,5H2,1-3H3. The zero-order valence-corrected chi connectivity index (χ0v) is 13.0. The van der Waals surface area contributed by atoms with Crippen molar-refractivity contribution in [1.29, 1.82) is 0 Å². The molecule has 1 unspecified atom stereocenters. The molecule has 3 nitrogen and oxygen atoms in total. The van der Waals surface area contributed by atoms with Crippen molar-refractivity contribution in [2.24, 2.45) is 5.92 Å². The van der Waals surface area contributed by atoms with Crippen LogP contribution in [-0.2, 0) is 10.0 Å². The predicted molar refractivity (Wildman–Crippen MR) is 73.7 cm³/mol. The van der Waals surface area contributed by atoms with Crippen LogP contribution in [0.2, 0.25) is 4.34 Å². The van der Waals surface area contributed by atoms with Gasteiger partial charge in [0.15, 0.2) is 0 Å². The summed E-state index contributed by atoms with van der Waals surface area (Å²) in [4.78, 5) is 0. The average Bonchev–Trinajstić information content (AvgIpc) is 2.56. The largest absolute Gasteiger partial charge is 0.250 e. The number of hydrogen-bond donors (Lipinski definition) is 1. The van der Waals surface area contributed by atoms with Crippen LogP contribution in [0.25, 0.3) is 0 Å². The van der Waals surface area contributed by atoms with Crippen LogP contribution in [0.4, 0.5) is 0 Å². The number of rotatable bonds is 5. The predicted octanol–water partition coefficient (Wildman–Crippen LogP) is 3.25. The van der Waals surface area contributed by atoms with Crippen molar-refractivity contribution in [2.45, 2.75) is 30.4 Å². The van der Waals surface area contributed by atoms with Crippen LogP contribution in [0.1, 0.15) is 19.4 Å². The number of thiophene rings is 1. The molecule has 1 atom stereocenters. The first-order chi connectivity index (χ1) is 7.74. The van der Waals surface area contributed by atoms with E-state index in [1.807, 2.05) is 13.8 Å². The van der Waals surface area contributed by atoms with E-state index in [1.54, 1.807) is 13.0 Å². The first-order valence-corrected chi connectivity index (χ1v) is 8.25. The summed E-state index contributed by atoms with van der Waals surface area (Å²) < 4.78 is 27.0. The number of sulfonamides is 1. The molecule has 0 spiro atoms. The van der Waals surface area contributed by atoms with Crippen LogP contribution in [-0.4, -0.2) is 20.3 Å². The lowest BCUT2D eigenvalue weighted by Gasteiger charge is -2.13. The fourth-order valence-electron chi connectivity index (χ4n) is 1.06. The zero-order chi connectivity index (χ0) is 13.2. The van der Waals surface area contributed by atoms with Gasteiger partial charge in [0, 0.05) is 11.9 Å². The van der Waals surface area contributed by atoms with Crippen LogP contribution in [0.3, 0.4) is 0 Å². The third-order valence-electron chi connectivity index (χ3n) is 2.29. The van der Waals surface area contributed by atoms with E-state index in [0.29, 0.717) is 4.34 Å². The summed E-state index contributed by atoms with van der Waals surface area (Å²) in [7, 11) is -3.49. The molecule has 0 aliphatic heterocycles. The van der Waals surface area contributed by atoms with Crippen LogP contribution < -0.4 is 4.72 Å². The Morgan fingerprint density at radius 1 is 1.47 bits per heavy atom. The van der Waals surface area contributed by atoms with Gasteiger partial charge in [0.1, 0.15) is 4.21 Å². The van der Waals surface area contributed by atoms with Crippen LogP contribution in [0, 0.1) is 12.8 Å². The van der Waals surface area contributed by atoms with E-state index in [0.717, 1.165) is 16.9 Å². The summed E-state index contributed by atoms with van der Waals surface area (Å²) in [6.07, 6.45) is 0. The van der Waals surface area contributed by atoms with Crippen LogP contribution in [0.15, 0.2) is 10.3 Å². The maximum atomic E-state index is 11.9. The fraction of sp³-hybridized carbons (Fsp3) is 0.600. The summed E-state index contributed by atoms with van der Waals surface area (Å²) in [5.41, 5.74) is 0.767. The normalized spacial score (nSPS) is 14.2.